The highest BCUT2D eigenvalue weighted by molar-refractivity contribution is 5.81. The molecule has 1 heterocycles. The molecule has 1 atom stereocenters. The summed E-state index contributed by atoms with van der Waals surface area (Å²) in [6.07, 6.45) is 1.08. The molecule has 98 valence electrons. The van der Waals surface area contributed by atoms with Gasteiger partial charge in [-0.15, -0.1) is 0 Å². The lowest BCUT2D eigenvalue weighted by Gasteiger charge is -2.37. The van der Waals surface area contributed by atoms with Gasteiger partial charge in [-0.05, 0) is 32.8 Å². The molecule has 3 nitrogen and oxygen atoms in total. The smallest absolute Gasteiger partial charge is 0.192 e. The summed E-state index contributed by atoms with van der Waals surface area (Å²) in [7, 11) is 0. The number of benzene rings is 1. The van der Waals surface area contributed by atoms with E-state index in [1.54, 1.807) is 0 Å². The molecule has 0 aliphatic carbocycles. The fraction of sp³-hybridized carbons (Fsp3) is 0.533. The first kappa shape index (κ1) is 12.9. The maximum Gasteiger partial charge on any atom is 0.192 e. The highest BCUT2D eigenvalue weighted by atomic mass is 15.3. The first-order chi connectivity index (χ1) is 8.47. The number of aliphatic imine (C=N–C) groups is 1. The summed E-state index contributed by atoms with van der Waals surface area (Å²) < 4.78 is 0. The van der Waals surface area contributed by atoms with Crippen molar-refractivity contribution in [2.75, 3.05) is 13.1 Å². The molecule has 0 saturated carbocycles. The van der Waals surface area contributed by atoms with Crippen LogP contribution in [0, 0.1) is 13.8 Å². The van der Waals surface area contributed by atoms with Crippen molar-refractivity contribution in [3.8, 4) is 0 Å². The fourth-order valence-corrected chi connectivity index (χ4v) is 2.78. The van der Waals surface area contributed by atoms with Crippen molar-refractivity contribution >= 4 is 5.96 Å². The van der Waals surface area contributed by atoms with E-state index in [0.29, 0.717) is 5.96 Å². The lowest BCUT2D eigenvalue weighted by molar-refractivity contribution is 0.225. The minimum absolute atomic E-state index is 0.0864. The van der Waals surface area contributed by atoms with Crippen LogP contribution in [-0.2, 0) is 5.54 Å². The number of hydrogen-bond acceptors (Lipinski definition) is 3. The summed E-state index contributed by atoms with van der Waals surface area (Å²) in [6, 6.07) is 6.71. The van der Waals surface area contributed by atoms with Crippen LogP contribution >= 0.6 is 0 Å². The molecule has 1 aliphatic rings. The number of rotatable bonds is 3. The summed E-state index contributed by atoms with van der Waals surface area (Å²) in [5.41, 5.74) is 9.86. The Morgan fingerprint density at radius 2 is 1.89 bits per heavy atom. The number of aryl methyl sites for hydroxylation is 2. The third-order valence-electron chi connectivity index (χ3n) is 3.71. The number of nitrogens with zero attached hydrogens (tertiary/aromatic N) is 2. The number of hydrogen-bond donors (Lipinski definition) is 1. The maximum atomic E-state index is 6.03. The van der Waals surface area contributed by atoms with Crippen LogP contribution in [0.1, 0.15) is 37.0 Å². The number of guanidine groups is 1. The fourth-order valence-electron chi connectivity index (χ4n) is 2.78. The quantitative estimate of drug-likeness (QED) is 0.889. The second-order valence-electron chi connectivity index (χ2n) is 5.48. The van der Waals surface area contributed by atoms with Crippen LogP contribution in [0.15, 0.2) is 23.2 Å². The largest absolute Gasteiger partial charge is 0.370 e. The van der Waals surface area contributed by atoms with E-state index in [0.717, 1.165) is 19.5 Å². The van der Waals surface area contributed by atoms with E-state index in [1.807, 2.05) is 0 Å². The molecule has 18 heavy (non-hydrogen) atoms. The summed E-state index contributed by atoms with van der Waals surface area (Å²) in [4.78, 5) is 6.68. The Morgan fingerprint density at radius 1 is 1.28 bits per heavy atom. The molecule has 0 bridgehead atoms. The van der Waals surface area contributed by atoms with Gasteiger partial charge < -0.3 is 10.6 Å². The molecule has 1 aliphatic heterocycles. The summed E-state index contributed by atoms with van der Waals surface area (Å²) in [5, 5.41) is 0. The Kier molecular flexibility index (Phi) is 3.33. The standard InChI is InChI=1S/C15H23N3/c1-5-6-18-14(16)17-10-15(18,4)13-8-11(2)7-12(3)9-13/h7-9H,5-6,10H2,1-4H3,(H2,16,17). The Balaban J connectivity index is 2.41. The summed E-state index contributed by atoms with van der Waals surface area (Å²) in [5.74, 6) is 0.679. The van der Waals surface area contributed by atoms with Crippen LogP contribution in [0.2, 0.25) is 0 Å². The molecule has 0 fully saturated rings. The normalized spacial score (nSPS) is 23.3. The van der Waals surface area contributed by atoms with Gasteiger partial charge in [0, 0.05) is 6.54 Å². The Labute approximate surface area is 110 Å². The van der Waals surface area contributed by atoms with Crippen molar-refractivity contribution in [2.45, 2.75) is 39.7 Å². The molecule has 0 aromatic heterocycles. The summed E-state index contributed by atoms with van der Waals surface area (Å²) >= 11 is 0. The van der Waals surface area contributed by atoms with Crippen molar-refractivity contribution in [3.63, 3.8) is 0 Å². The maximum absolute atomic E-state index is 6.03. The van der Waals surface area contributed by atoms with Gasteiger partial charge in [0.25, 0.3) is 0 Å². The van der Waals surface area contributed by atoms with Gasteiger partial charge in [-0.2, -0.15) is 0 Å². The third kappa shape index (κ3) is 2.09. The topological polar surface area (TPSA) is 41.6 Å². The van der Waals surface area contributed by atoms with Gasteiger partial charge >= 0.3 is 0 Å². The van der Waals surface area contributed by atoms with Crippen LogP contribution in [0.5, 0.6) is 0 Å². The van der Waals surface area contributed by atoms with E-state index >= 15 is 0 Å². The molecule has 0 amide bonds. The second kappa shape index (κ2) is 4.63. The SMILES string of the molecule is CCCN1C(N)=NCC1(C)c1cc(C)cc(C)c1. The zero-order valence-electron chi connectivity index (χ0n) is 11.8. The van der Waals surface area contributed by atoms with E-state index in [-0.39, 0.29) is 5.54 Å². The van der Waals surface area contributed by atoms with Crippen LogP contribution < -0.4 is 5.73 Å². The second-order valence-corrected chi connectivity index (χ2v) is 5.48. The zero-order chi connectivity index (χ0) is 13.3. The van der Waals surface area contributed by atoms with Crippen LogP contribution in [0.25, 0.3) is 0 Å². The molecule has 1 unspecified atom stereocenters. The Morgan fingerprint density at radius 3 is 2.44 bits per heavy atom. The van der Waals surface area contributed by atoms with E-state index < -0.39 is 0 Å². The van der Waals surface area contributed by atoms with Crippen LogP contribution in [-0.4, -0.2) is 23.9 Å². The first-order valence-corrected chi connectivity index (χ1v) is 6.63. The molecular weight excluding hydrogens is 222 g/mol. The molecule has 0 spiro atoms. The minimum Gasteiger partial charge on any atom is -0.370 e. The van der Waals surface area contributed by atoms with Crippen molar-refractivity contribution in [1.82, 2.24) is 4.90 Å². The monoisotopic (exact) mass is 245 g/mol. The van der Waals surface area contributed by atoms with Gasteiger partial charge in [-0.1, -0.05) is 36.2 Å². The predicted molar refractivity (Wildman–Crippen MR) is 76.8 cm³/mol. The summed E-state index contributed by atoms with van der Waals surface area (Å²) in [6.45, 7) is 10.4. The molecule has 1 aromatic rings. The average molecular weight is 245 g/mol. The minimum atomic E-state index is -0.0864. The van der Waals surface area contributed by atoms with Gasteiger partial charge in [-0.3, -0.25) is 4.99 Å². The zero-order valence-corrected chi connectivity index (χ0v) is 11.8. The van der Waals surface area contributed by atoms with Gasteiger partial charge in [-0.25, -0.2) is 0 Å². The molecular formula is C15H23N3. The highest BCUT2D eigenvalue weighted by Crippen LogP contribution is 2.33. The molecule has 0 radical (unpaired) electrons. The molecule has 2 N–H and O–H groups in total. The van der Waals surface area contributed by atoms with Gasteiger partial charge in [0.05, 0.1) is 12.1 Å². The lowest BCUT2D eigenvalue weighted by Crippen LogP contribution is -2.47. The lowest BCUT2D eigenvalue weighted by atomic mass is 9.88. The van der Waals surface area contributed by atoms with E-state index in [9.17, 15) is 0 Å². The van der Waals surface area contributed by atoms with E-state index in [2.05, 4.69) is 55.8 Å². The van der Waals surface area contributed by atoms with Crippen LogP contribution in [0.3, 0.4) is 0 Å². The first-order valence-electron chi connectivity index (χ1n) is 6.63. The van der Waals surface area contributed by atoms with E-state index in [1.165, 1.54) is 16.7 Å². The van der Waals surface area contributed by atoms with Crippen molar-refractivity contribution in [3.05, 3.63) is 34.9 Å². The van der Waals surface area contributed by atoms with Crippen LogP contribution in [0.4, 0.5) is 0 Å². The third-order valence-corrected chi connectivity index (χ3v) is 3.71. The molecule has 0 saturated heterocycles. The van der Waals surface area contributed by atoms with Crippen molar-refractivity contribution < 1.29 is 0 Å². The molecule has 3 heteroatoms. The Hall–Kier alpha value is -1.51. The highest BCUT2D eigenvalue weighted by Gasteiger charge is 2.39. The number of nitrogens with two attached hydrogens (primary N) is 1. The average Bonchev–Trinajstić information content (AvgIpc) is 2.58. The predicted octanol–water partition coefficient (Wildman–Crippen LogP) is 2.56. The molecule has 2 rings (SSSR count). The van der Waals surface area contributed by atoms with Crippen molar-refractivity contribution in [1.29, 1.82) is 0 Å². The van der Waals surface area contributed by atoms with Crippen molar-refractivity contribution in [2.24, 2.45) is 10.7 Å². The molecule has 1 aromatic carbocycles. The van der Waals surface area contributed by atoms with E-state index in [4.69, 9.17) is 5.73 Å². The Bertz CT molecular complexity index is 458. The van der Waals surface area contributed by atoms with Gasteiger partial charge in [0.15, 0.2) is 5.96 Å². The van der Waals surface area contributed by atoms with Gasteiger partial charge in [0.1, 0.15) is 0 Å². The van der Waals surface area contributed by atoms with Gasteiger partial charge in [0.2, 0.25) is 0 Å².